The van der Waals surface area contributed by atoms with E-state index in [9.17, 15) is 4.39 Å². The summed E-state index contributed by atoms with van der Waals surface area (Å²) >= 11 is 0. The lowest BCUT2D eigenvalue weighted by Crippen LogP contribution is -2.06. The number of benzene rings is 1. The molecular weight excluding hydrogens is 153 g/mol. The quantitative estimate of drug-likeness (QED) is 0.724. The van der Waals surface area contributed by atoms with Crippen LogP contribution in [0.4, 0.5) is 4.39 Å². The average Bonchev–Trinajstić information content (AvgIpc) is 2.09. The highest BCUT2D eigenvalue weighted by molar-refractivity contribution is 5.48. The van der Waals surface area contributed by atoms with Crippen molar-refractivity contribution in [3.8, 4) is 0 Å². The lowest BCUT2D eigenvalue weighted by atomic mass is 10.1. The summed E-state index contributed by atoms with van der Waals surface area (Å²) < 4.78 is 13.0. The van der Waals surface area contributed by atoms with Crippen LogP contribution in [0.1, 0.15) is 11.1 Å². The highest BCUT2D eigenvalue weighted by Gasteiger charge is 1.99. The van der Waals surface area contributed by atoms with E-state index in [-0.39, 0.29) is 5.82 Å². The van der Waals surface area contributed by atoms with Crippen LogP contribution in [-0.2, 0) is 6.54 Å². The zero-order valence-electron chi connectivity index (χ0n) is 7.10. The molecule has 0 aliphatic rings. The van der Waals surface area contributed by atoms with Gasteiger partial charge in [0.1, 0.15) is 5.82 Å². The summed E-state index contributed by atoms with van der Waals surface area (Å²) in [6, 6.07) is 4.96. The monoisotopic (exact) mass is 165 g/mol. The van der Waals surface area contributed by atoms with Gasteiger partial charge in [-0.2, -0.15) is 0 Å². The van der Waals surface area contributed by atoms with Crippen molar-refractivity contribution in [2.45, 2.75) is 6.54 Å². The molecule has 0 fully saturated rings. The van der Waals surface area contributed by atoms with Crippen LogP contribution in [0.3, 0.4) is 0 Å². The smallest absolute Gasteiger partial charge is 0.127 e. The summed E-state index contributed by atoms with van der Waals surface area (Å²) in [5, 5.41) is 2.90. The second kappa shape index (κ2) is 4.02. The topological polar surface area (TPSA) is 12.0 Å². The van der Waals surface area contributed by atoms with Crippen molar-refractivity contribution >= 4 is 6.08 Å². The van der Waals surface area contributed by atoms with Crippen LogP contribution in [0, 0.1) is 5.82 Å². The zero-order valence-corrected chi connectivity index (χ0v) is 7.10. The molecule has 0 aliphatic heterocycles. The van der Waals surface area contributed by atoms with Crippen LogP contribution in [0.5, 0.6) is 0 Å². The summed E-state index contributed by atoms with van der Waals surface area (Å²) in [4.78, 5) is 0. The second-order valence-electron chi connectivity index (χ2n) is 2.59. The minimum atomic E-state index is -0.171. The normalized spacial score (nSPS) is 9.83. The largest absolute Gasteiger partial charge is 0.316 e. The fraction of sp³-hybridized carbons (Fsp3) is 0.200. The fourth-order valence-electron chi connectivity index (χ4n) is 1.05. The fourth-order valence-corrected chi connectivity index (χ4v) is 1.05. The van der Waals surface area contributed by atoms with Gasteiger partial charge in [0, 0.05) is 12.1 Å². The molecule has 0 radical (unpaired) electrons. The minimum Gasteiger partial charge on any atom is -0.316 e. The molecule has 12 heavy (non-hydrogen) atoms. The molecule has 1 aromatic rings. The third-order valence-electron chi connectivity index (χ3n) is 1.67. The second-order valence-corrected chi connectivity index (χ2v) is 2.59. The molecule has 0 bridgehead atoms. The van der Waals surface area contributed by atoms with Crippen LogP contribution in [0.25, 0.3) is 6.08 Å². The Labute approximate surface area is 71.9 Å². The van der Waals surface area contributed by atoms with Crippen LogP contribution in [0.2, 0.25) is 0 Å². The van der Waals surface area contributed by atoms with Crippen molar-refractivity contribution < 1.29 is 4.39 Å². The lowest BCUT2D eigenvalue weighted by Gasteiger charge is -2.02. The molecule has 0 heterocycles. The van der Waals surface area contributed by atoms with Crippen molar-refractivity contribution in [3.63, 3.8) is 0 Å². The maximum absolute atomic E-state index is 13.0. The predicted molar refractivity (Wildman–Crippen MR) is 49.3 cm³/mol. The average molecular weight is 165 g/mol. The number of rotatable bonds is 3. The molecule has 1 rings (SSSR count). The molecule has 0 atom stereocenters. The Morgan fingerprint density at radius 3 is 2.92 bits per heavy atom. The Morgan fingerprint density at radius 2 is 2.33 bits per heavy atom. The third-order valence-corrected chi connectivity index (χ3v) is 1.67. The number of hydrogen-bond donors (Lipinski definition) is 1. The molecule has 0 saturated carbocycles. The Kier molecular flexibility index (Phi) is 3.00. The predicted octanol–water partition coefficient (Wildman–Crippen LogP) is 2.19. The van der Waals surface area contributed by atoms with Crippen LogP contribution < -0.4 is 5.32 Å². The van der Waals surface area contributed by atoms with Crippen molar-refractivity contribution in [2.75, 3.05) is 7.05 Å². The van der Waals surface area contributed by atoms with Gasteiger partial charge in [-0.3, -0.25) is 0 Å². The molecule has 1 aromatic carbocycles. The van der Waals surface area contributed by atoms with Gasteiger partial charge in [-0.25, -0.2) is 4.39 Å². The van der Waals surface area contributed by atoms with Gasteiger partial charge < -0.3 is 5.32 Å². The van der Waals surface area contributed by atoms with E-state index < -0.39 is 0 Å². The molecule has 64 valence electrons. The van der Waals surface area contributed by atoms with E-state index in [0.717, 1.165) is 5.56 Å². The van der Waals surface area contributed by atoms with E-state index in [1.807, 2.05) is 0 Å². The third kappa shape index (κ3) is 1.92. The van der Waals surface area contributed by atoms with Gasteiger partial charge in [0.15, 0.2) is 0 Å². The van der Waals surface area contributed by atoms with Gasteiger partial charge in [-0.15, -0.1) is 0 Å². The Hall–Kier alpha value is -1.15. The first kappa shape index (κ1) is 8.94. The summed E-state index contributed by atoms with van der Waals surface area (Å²) in [6.45, 7) is 4.17. The van der Waals surface area contributed by atoms with Crippen molar-refractivity contribution in [2.24, 2.45) is 0 Å². The molecular formula is C10H12FN. The number of hydrogen-bond acceptors (Lipinski definition) is 1. The Bertz CT molecular complexity index is 281. The van der Waals surface area contributed by atoms with E-state index in [1.165, 1.54) is 6.07 Å². The summed E-state index contributed by atoms with van der Waals surface area (Å²) in [5.74, 6) is -0.171. The summed E-state index contributed by atoms with van der Waals surface area (Å²) in [6.07, 6.45) is 1.71. The van der Waals surface area contributed by atoms with Gasteiger partial charge in [0.2, 0.25) is 0 Å². The highest BCUT2D eigenvalue weighted by Crippen LogP contribution is 2.10. The van der Waals surface area contributed by atoms with E-state index in [2.05, 4.69) is 11.9 Å². The molecule has 0 saturated heterocycles. The van der Waals surface area contributed by atoms with Gasteiger partial charge in [-0.1, -0.05) is 18.7 Å². The van der Waals surface area contributed by atoms with Crippen LogP contribution in [0.15, 0.2) is 24.8 Å². The van der Waals surface area contributed by atoms with Gasteiger partial charge in [-0.05, 0) is 24.7 Å². The SMILES string of the molecule is C=Cc1ccc(F)c(CNC)c1. The van der Waals surface area contributed by atoms with E-state index in [1.54, 1.807) is 25.3 Å². The van der Waals surface area contributed by atoms with Gasteiger partial charge in [0.05, 0.1) is 0 Å². The van der Waals surface area contributed by atoms with Crippen molar-refractivity contribution in [1.29, 1.82) is 0 Å². The highest BCUT2D eigenvalue weighted by atomic mass is 19.1. The maximum atomic E-state index is 13.0. The number of nitrogens with one attached hydrogen (secondary N) is 1. The maximum Gasteiger partial charge on any atom is 0.127 e. The Morgan fingerprint density at radius 1 is 1.58 bits per heavy atom. The van der Waals surface area contributed by atoms with Gasteiger partial charge >= 0.3 is 0 Å². The molecule has 0 spiro atoms. The molecule has 1 N–H and O–H groups in total. The van der Waals surface area contributed by atoms with E-state index >= 15 is 0 Å². The molecule has 1 nitrogen and oxygen atoms in total. The van der Waals surface area contributed by atoms with E-state index in [4.69, 9.17) is 0 Å². The molecule has 0 aromatic heterocycles. The summed E-state index contributed by atoms with van der Waals surface area (Å²) in [5.41, 5.74) is 1.62. The first-order valence-electron chi connectivity index (χ1n) is 3.83. The van der Waals surface area contributed by atoms with Gasteiger partial charge in [0.25, 0.3) is 0 Å². The molecule has 0 unspecified atom stereocenters. The molecule has 0 amide bonds. The zero-order chi connectivity index (χ0) is 8.97. The first-order chi connectivity index (χ1) is 5.77. The van der Waals surface area contributed by atoms with Crippen LogP contribution in [-0.4, -0.2) is 7.05 Å². The lowest BCUT2D eigenvalue weighted by molar-refractivity contribution is 0.601. The van der Waals surface area contributed by atoms with Crippen LogP contribution >= 0.6 is 0 Å². The van der Waals surface area contributed by atoms with Crippen molar-refractivity contribution in [3.05, 3.63) is 41.7 Å². The standard InChI is InChI=1S/C10H12FN/c1-3-8-4-5-10(11)9(6-8)7-12-2/h3-6,12H,1,7H2,2H3. The first-order valence-corrected chi connectivity index (χ1v) is 3.83. The Balaban J connectivity index is 2.99. The summed E-state index contributed by atoms with van der Waals surface area (Å²) in [7, 11) is 1.79. The molecule has 2 heteroatoms. The number of halogens is 1. The van der Waals surface area contributed by atoms with E-state index in [0.29, 0.717) is 12.1 Å². The molecule has 0 aliphatic carbocycles. The van der Waals surface area contributed by atoms with Crippen molar-refractivity contribution in [1.82, 2.24) is 5.32 Å². The minimum absolute atomic E-state index is 0.171.